The van der Waals surface area contributed by atoms with E-state index in [1.54, 1.807) is 6.07 Å². The molecular weight excluding hydrogens is 424 g/mol. The highest BCUT2D eigenvalue weighted by molar-refractivity contribution is 6.31. The summed E-state index contributed by atoms with van der Waals surface area (Å²) in [5.74, 6) is -0.768. The first-order valence-electron chi connectivity index (χ1n) is 11.1. The van der Waals surface area contributed by atoms with Crippen LogP contribution in [0, 0.1) is 23.7 Å². The summed E-state index contributed by atoms with van der Waals surface area (Å²) in [5.41, 5.74) is 0.245. The van der Waals surface area contributed by atoms with Crippen molar-refractivity contribution < 1.29 is 33.9 Å². The molecule has 0 unspecified atom stereocenters. The Morgan fingerprint density at radius 3 is 2.77 bits per heavy atom. The van der Waals surface area contributed by atoms with E-state index in [0.717, 1.165) is 25.7 Å². The van der Waals surface area contributed by atoms with Gasteiger partial charge in [0.2, 0.25) is 5.79 Å². The molecule has 1 aliphatic carbocycles. The molecular formula is C23H29ClO7. The number of aromatic carboxylic acids is 1. The Labute approximate surface area is 186 Å². The zero-order valence-electron chi connectivity index (χ0n) is 18.0. The van der Waals surface area contributed by atoms with E-state index in [1.165, 1.54) is 12.1 Å². The molecule has 4 aliphatic heterocycles. The molecule has 0 radical (unpaired) electrons. The maximum Gasteiger partial charge on any atom is 0.335 e. The highest BCUT2D eigenvalue weighted by Gasteiger charge is 2.69. The molecule has 1 spiro atoms. The van der Waals surface area contributed by atoms with Crippen LogP contribution >= 0.6 is 11.6 Å². The summed E-state index contributed by atoms with van der Waals surface area (Å²) in [5, 5.41) is 9.49. The summed E-state index contributed by atoms with van der Waals surface area (Å²) in [6.45, 7) is 6.53. The molecule has 1 saturated carbocycles. The number of carboxylic acids is 1. The van der Waals surface area contributed by atoms with Crippen LogP contribution in [0.1, 0.15) is 62.4 Å². The number of halogens is 1. The van der Waals surface area contributed by atoms with Crippen LogP contribution in [0.25, 0.3) is 0 Å². The minimum Gasteiger partial charge on any atom is -0.478 e. The fourth-order valence-corrected chi connectivity index (χ4v) is 6.27. The van der Waals surface area contributed by atoms with Crippen LogP contribution < -0.4 is 0 Å². The molecule has 7 nitrogen and oxygen atoms in total. The molecule has 2 bridgehead atoms. The van der Waals surface area contributed by atoms with E-state index >= 15 is 0 Å². The number of carbonyl (C=O) groups is 1. The Hall–Kier alpha value is -1.22. The third-order valence-corrected chi connectivity index (χ3v) is 8.15. The number of carboxylic acid groups (broad SMARTS) is 1. The Bertz CT molecular complexity index is 877. The van der Waals surface area contributed by atoms with Gasteiger partial charge in [-0.1, -0.05) is 31.5 Å². The molecule has 1 N–H and O–H groups in total. The first kappa shape index (κ1) is 21.6. The van der Waals surface area contributed by atoms with E-state index in [-0.39, 0.29) is 24.0 Å². The largest absolute Gasteiger partial charge is 0.478 e. The van der Waals surface area contributed by atoms with Gasteiger partial charge in [0.05, 0.1) is 12.2 Å². The van der Waals surface area contributed by atoms with Crippen molar-refractivity contribution in [3.8, 4) is 0 Å². The second-order valence-corrected chi connectivity index (χ2v) is 10.1. The highest BCUT2D eigenvalue weighted by atomic mass is 35.5. The summed E-state index contributed by atoms with van der Waals surface area (Å²) >= 11 is 6.28. The van der Waals surface area contributed by atoms with Gasteiger partial charge >= 0.3 is 5.97 Å². The number of hydrogen-bond acceptors (Lipinski definition) is 6. The molecule has 4 heterocycles. The van der Waals surface area contributed by atoms with Crippen molar-refractivity contribution in [3.05, 3.63) is 34.3 Å². The number of rotatable bonds is 4. The third-order valence-electron chi connectivity index (χ3n) is 7.80. The monoisotopic (exact) mass is 452 g/mol. The van der Waals surface area contributed by atoms with Gasteiger partial charge in [0.15, 0.2) is 18.2 Å². The molecule has 0 amide bonds. The van der Waals surface area contributed by atoms with Crippen molar-refractivity contribution in [2.75, 3.05) is 0 Å². The predicted octanol–water partition coefficient (Wildman–Crippen LogP) is 4.76. The number of benzene rings is 1. The van der Waals surface area contributed by atoms with Crippen molar-refractivity contribution in [1.29, 1.82) is 0 Å². The first-order chi connectivity index (χ1) is 14.7. The summed E-state index contributed by atoms with van der Waals surface area (Å²) in [4.78, 5) is 23.1. The minimum atomic E-state index is -1.01. The molecule has 6 rings (SSSR count). The Morgan fingerprint density at radius 1 is 1.23 bits per heavy atom. The summed E-state index contributed by atoms with van der Waals surface area (Å²) < 4.78 is 18.9. The Morgan fingerprint density at radius 2 is 2.03 bits per heavy atom. The lowest BCUT2D eigenvalue weighted by Gasteiger charge is -2.60. The SMILES string of the molecule is C[C@H]1[C@@H](OCc2ccc(C(=O)O)cc2Cl)O[C@@H]2O[C@@]3(C)CC[C@H]4[C@H](C)CC[C@@H]1[C@@]24OO3. The topological polar surface area (TPSA) is 83.5 Å². The third kappa shape index (κ3) is 3.41. The van der Waals surface area contributed by atoms with Crippen molar-refractivity contribution in [1.82, 2.24) is 0 Å². The van der Waals surface area contributed by atoms with Crippen LogP contribution in [0.2, 0.25) is 5.02 Å². The number of ether oxygens (including phenoxy) is 3. The molecule has 8 heteroatoms. The smallest absolute Gasteiger partial charge is 0.335 e. The van der Waals surface area contributed by atoms with Crippen LogP contribution in [0.3, 0.4) is 0 Å². The molecule has 4 saturated heterocycles. The summed E-state index contributed by atoms with van der Waals surface area (Å²) in [7, 11) is 0. The normalized spacial score (nSPS) is 43.9. The lowest BCUT2D eigenvalue weighted by molar-refractivity contribution is -0.577. The maximum atomic E-state index is 11.1. The first-order valence-corrected chi connectivity index (χ1v) is 11.4. The standard InChI is InChI=1S/C23H29ClO7/c1-12-4-7-17-13(2)20(27-11-15-6-5-14(19(25)26)10-18(15)24)28-21-23(17)16(12)8-9-22(3,29-21)30-31-23/h5-6,10,12-13,16-17,20-21H,4,7-9,11H2,1-3H3,(H,25,26)/t12-,13-,16+,17+,20+,21-,22-,23-/m1/s1. The second-order valence-electron chi connectivity index (χ2n) is 9.70. The molecule has 8 atom stereocenters. The molecule has 0 aromatic heterocycles. The minimum absolute atomic E-state index is 0.0676. The lowest BCUT2D eigenvalue weighted by Crippen LogP contribution is -2.70. The fraction of sp³-hybridized carbons (Fsp3) is 0.696. The lowest BCUT2D eigenvalue weighted by atomic mass is 9.58. The van der Waals surface area contributed by atoms with E-state index in [2.05, 4.69) is 13.8 Å². The van der Waals surface area contributed by atoms with Gasteiger partial charge in [-0.2, -0.15) is 0 Å². The average Bonchev–Trinajstić information content (AvgIpc) is 2.96. The van der Waals surface area contributed by atoms with Crippen LogP contribution in [0.5, 0.6) is 0 Å². The van der Waals surface area contributed by atoms with E-state index in [1.807, 2.05) is 6.92 Å². The Balaban J connectivity index is 1.38. The molecule has 31 heavy (non-hydrogen) atoms. The van der Waals surface area contributed by atoms with Gasteiger partial charge in [-0.05, 0) is 55.7 Å². The van der Waals surface area contributed by atoms with Gasteiger partial charge in [-0.15, -0.1) is 0 Å². The van der Waals surface area contributed by atoms with E-state index in [4.69, 9.17) is 40.7 Å². The molecule has 5 fully saturated rings. The van der Waals surface area contributed by atoms with E-state index in [0.29, 0.717) is 22.4 Å². The van der Waals surface area contributed by atoms with Crippen LogP contribution in [-0.2, 0) is 30.6 Å². The molecule has 170 valence electrons. The van der Waals surface area contributed by atoms with Gasteiger partial charge in [0, 0.05) is 23.3 Å². The van der Waals surface area contributed by atoms with Crippen molar-refractivity contribution >= 4 is 17.6 Å². The van der Waals surface area contributed by atoms with Crippen LogP contribution in [-0.4, -0.2) is 35.0 Å². The zero-order valence-corrected chi connectivity index (χ0v) is 18.8. The average molecular weight is 453 g/mol. The predicted molar refractivity (Wildman–Crippen MR) is 110 cm³/mol. The van der Waals surface area contributed by atoms with Gasteiger partial charge in [-0.25, -0.2) is 14.6 Å². The number of hydrogen-bond donors (Lipinski definition) is 1. The highest BCUT2D eigenvalue weighted by Crippen LogP contribution is 2.60. The van der Waals surface area contributed by atoms with Gasteiger partial charge in [-0.3, -0.25) is 0 Å². The van der Waals surface area contributed by atoms with Crippen molar-refractivity contribution in [2.24, 2.45) is 23.7 Å². The van der Waals surface area contributed by atoms with Crippen LogP contribution in [0.15, 0.2) is 18.2 Å². The molecule has 1 aromatic rings. The fourth-order valence-electron chi connectivity index (χ4n) is 6.03. The van der Waals surface area contributed by atoms with E-state index in [9.17, 15) is 4.79 Å². The molecule has 5 aliphatic rings. The van der Waals surface area contributed by atoms with Gasteiger partial charge in [0.1, 0.15) is 0 Å². The van der Waals surface area contributed by atoms with E-state index < -0.39 is 29.9 Å². The number of fused-ring (bicyclic) bond motifs is 2. The molecule has 1 aromatic carbocycles. The van der Waals surface area contributed by atoms with Gasteiger partial charge < -0.3 is 19.3 Å². The second kappa shape index (κ2) is 7.68. The quantitative estimate of drug-likeness (QED) is 0.659. The Kier molecular flexibility index (Phi) is 5.35. The van der Waals surface area contributed by atoms with Crippen LogP contribution in [0.4, 0.5) is 0 Å². The zero-order chi connectivity index (χ0) is 22.0. The summed E-state index contributed by atoms with van der Waals surface area (Å²) in [6.07, 6.45) is 2.83. The van der Waals surface area contributed by atoms with Gasteiger partial charge in [0.25, 0.3) is 0 Å². The van der Waals surface area contributed by atoms with Crippen molar-refractivity contribution in [2.45, 2.75) is 77.0 Å². The maximum absolute atomic E-state index is 11.1. The summed E-state index contributed by atoms with van der Waals surface area (Å²) in [6, 6.07) is 4.65. The van der Waals surface area contributed by atoms with Crippen molar-refractivity contribution in [3.63, 3.8) is 0 Å².